The third-order valence-electron chi connectivity index (χ3n) is 3.54. The second-order valence-corrected chi connectivity index (χ2v) is 5.83. The lowest BCUT2D eigenvalue weighted by atomic mass is 10.2. The highest BCUT2D eigenvalue weighted by Gasteiger charge is 2.12. The Kier molecular flexibility index (Phi) is 5.60. The second-order valence-electron chi connectivity index (χ2n) is 5.42. The van der Waals surface area contributed by atoms with Crippen molar-refractivity contribution in [2.45, 2.75) is 6.54 Å². The number of hydrazine groups is 1. The molecule has 7 heteroatoms. The van der Waals surface area contributed by atoms with E-state index in [4.69, 9.17) is 16.6 Å². The number of nitrogens with one attached hydrogen (secondary N) is 3. The van der Waals surface area contributed by atoms with Gasteiger partial charge in [-0.05, 0) is 54.2 Å². The predicted molar refractivity (Wildman–Crippen MR) is 101 cm³/mol. The minimum absolute atomic E-state index is 0.114. The molecule has 0 saturated heterocycles. The summed E-state index contributed by atoms with van der Waals surface area (Å²) >= 11 is 5.11. The lowest BCUT2D eigenvalue weighted by Gasteiger charge is -2.10. The van der Waals surface area contributed by atoms with Crippen molar-refractivity contribution in [1.29, 1.82) is 0 Å². The third-order valence-corrected chi connectivity index (χ3v) is 3.79. The van der Waals surface area contributed by atoms with Crippen molar-refractivity contribution in [2.24, 2.45) is 0 Å². The second kappa shape index (κ2) is 8.26. The largest absolute Gasteiger partial charge is 0.451 e. The monoisotopic (exact) mass is 369 g/mol. The molecule has 1 amide bonds. The predicted octanol–water partition coefficient (Wildman–Crippen LogP) is 3.39. The number of carbonyl (C=O) groups excluding carboxylic acids is 1. The van der Waals surface area contributed by atoms with Crippen LogP contribution in [-0.4, -0.2) is 11.0 Å². The molecule has 1 aromatic heterocycles. The van der Waals surface area contributed by atoms with Gasteiger partial charge in [0.25, 0.3) is 0 Å². The minimum Gasteiger partial charge on any atom is -0.451 e. The van der Waals surface area contributed by atoms with Gasteiger partial charge in [0.1, 0.15) is 11.6 Å². The average Bonchev–Trinajstić information content (AvgIpc) is 3.16. The number of rotatable bonds is 4. The quantitative estimate of drug-likeness (QED) is 0.486. The van der Waals surface area contributed by atoms with E-state index in [2.05, 4.69) is 16.2 Å². The molecule has 0 spiro atoms. The highest BCUT2D eigenvalue weighted by atomic mass is 32.1. The summed E-state index contributed by atoms with van der Waals surface area (Å²) in [5, 5.41) is 3.27. The maximum absolute atomic E-state index is 13.0. The van der Waals surface area contributed by atoms with Crippen LogP contribution in [0.5, 0.6) is 0 Å². The van der Waals surface area contributed by atoms with Crippen LogP contribution in [0.25, 0.3) is 11.3 Å². The molecule has 0 saturated carbocycles. The first-order valence-corrected chi connectivity index (χ1v) is 8.26. The molecule has 5 nitrogen and oxygen atoms in total. The molecule has 0 aliphatic carbocycles. The van der Waals surface area contributed by atoms with Gasteiger partial charge < -0.3 is 9.73 Å². The molecule has 1 heterocycles. The van der Waals surface area contributed by atoms with Crippen molar-refractivity contribution in [1.82, 2.24) is 16.2 Å². The van der Waals surface area contributed by atoms with E-state index >= 15 is 0 Å². The first-order valence-electron chi connectivity index (χ1n) is 7.86. The number of benzene rings is 2. The van der Waals surface area contributed by atoms with Gasteiger partial charge in [-0.1, -0.05) is 30.3 Å². The van der Waals surface area contributed by atoms with E-state index in [1.54, 1.807) is 18.2 Å². The van der Waals surface area contributed by atoms with E-state index in [1.807, 2.05) is 30.3 Å². The molecule has 0 fully saturated rings. The molecule has 0 aliphatic heterocycles. The summed E-state index contributed by atoms with van der Waals surface area (Å²) in [7, 11) is 0. The fraction of sp³-hybridized carbons (Fsp3) is 0.0526. The van der Waals surface area contributed by atoms with E-state index < -0.39 is 5.91 Å². The van der Waals surface area contributed by atoms with Crippen LogP contribution in [0, 0.1) is 5.82 Å². The molecule has 2 aromatic carbocycles. The van der Waals surface area contributed by atoms with Crippen LogP contribution < -0.4 is 16.2 Å². The summed E-state index contributed by atoms with van der Waals surface area (Å²) in [5.41, 5.74) is 6.83. The molecule has 3 N–H and O–H groups in total. The minimum atomic E-state index is -0.470. The highest BCUT2D eigenvalue weighted by molar-refractivity contribution is 7.80. The van der Waals surface area contributed by atoms with Gasteiger partial charge in [-0.15, -0.1) is 0 Å². The summed E-state index contributed by atoms with van der Waals surface area (Å²) in [6.45, 7) is 0.540. The normalized spacial score (nSPS) is 10.2. The van der Waals surface area contributed by atoms with Crippen molar-refractivity contribution in [2.75, 3.05) is 0 Å². The topological polar surface area (TPSA) is 66.3 Å². The van der Waals surface area contributed by atoms with Gasteiger partial charge in [-0.2, -0.15) is 0 Å². The summed E-state index contributed by atoms with van der Waals surface area (Å²) < 4.78 is 18.5. The van der Waals surface area contributed by atoms with Crippen molar-refractivity contribution in [3.8, 4) is 11.3 Å². The van der Waals surface area contributed by atoms with Crippen LogP contribution in [0.1, 0.15) is 16.1 Å². The standard InChI is InChI=1S/C19H16FN3O2S/c20-15-8-6-14(7-9-15)16-10-11-17(25-16)18(24)22-23-19(26)21-12-13-4-2-1-3-5-13/h1-11H,12H2,(H,22,24)(H2,21,23,26). The average molecular weight is 369 g/mol. The Morgan fingerprint density at radius 3 is 2.42 bits per heavy atom. The summed E-state index contributed by atoms with van der Waals surface area (Å²) in [6, 6.07) is 18.7. The van der Waals surface area contributed by atoms with Crippen LogP contribution in [0.2, 0.25) is 0 Å². The van der Waals surface area contributed by atoms with Crippen LogP contribution >= 0.6 is 12.2 Å². The van der Waals surface area contributed by atoms with Gasteiger partial charge in [0.05, 0.1) is 0 Å². The molecule has 26 heavy (non-hydrogen) atoms. The maximum atomic E-state index is 13.0. The van der Waals surface area contributed by atoms with E-state index in [0.29, 0.717) is 17.9 Å². The Morgan fingerprint density at radius 2 is 1.69 bits per heavy atom. The molecule has 0 radical (unpaired) electrons. The summed E-state index contributed by atoms with van der Waals surface area (Å²) in [5.74, 6) is -0.219. The Bertz CT molecular complexity index is 895. The van der Waals surface area contributed by atoms with Crippen LogP contribution in [0.3, 0.4) is 0 Å². The van der Waals surface area contributed by atoms with Crippen molar-refractivity contribution >= 4 is 23.2 Å². The van der Waals surface area contributed by atoms with Gasteiger partial charge >= 0.3 is 5.91 Å². The molecule has 3 aromatic rings. The Morgan fingerprint density at radius 1 is 0.962 bits per heavy atom. The van der Waals surface area contributed by atoms with Gasteiger partial charge in [-0.25, -0.2) is 4.39 Å². The van der Waals surface area contributed by atoms with Crippen LogP contribution in [0.15, 0.2) is 71.1 Å². The van der Waals surface area contributed by atoms with Gasteiger partial charge in [0.2, 0.25) is 0 Å². The van der Waals surface area contributed by atoms with E-state index in [-0.39, 0.29) is 16.7 Å². The third kappa shape index (κ3) is 4.67. The fourth-order valence-electron chi connectivity index (χ4n) is 2.23. The maximum Gasteiger partial charge on any atom is 0.305 e. The lowest BCUT2D eigenvalue weighted by Crippen LogP contribution is -2.46. The van der Waals surface area contributed by atoms with E-state index in [1.165, 1.54) is 18.2 Å². The van der Waals surface area contributed by atoms with Crippen LogP contribution in [0.4, 0.5) is 4.39 Å². The molecular weight excluding hydrogens is 353 g/mol. The number of halogens is 1. The molecule has 0 bridgehead atoms. The van der Waals surface area contributed by atoms with Crippen molar-refractivity contribution in [3.63, 3.8) is 0 Å². The van der Waals surface area contributed by atoms with E-state index in [0.717, 1.165) is 5.56 Å². The molecule has 0 unspecified atom stereocenters. The van der Waals surface area contributed by atoms with Crippen molar-refractivity contribution in [3.05, 3.63) is 83.9 Å². The van der Waals surface area contributed by atoms with Gasteiger partial charge in [0, 0.05) is 12.1 Å². The van der Waals surface area contributed by atoms with Gasteiger partial charge in [0.15, 0.2) is 10.9 Å². The fourth-order valence-corrected chi connectivity index (χ4v) is 2.35. The smallest absolute Gasteiger partial charge is 0.305 e. The number of carbonyl (C=O) groups is 1. The SMILES string of the molecule is O=C(NNC(=S)NCc1ccccc1)c1ccc(-c2ccc(F)cc2)o1. The molecule has 132 valence electrons. The van der Waals surface area contributed by atoms with Crippen LogP contribution in [-0.2, 0) is 6.54 Å². The Hall–Kier alpha value is -3.19. The Labute approximate surface area is 155 Å². The van der Waals surface area contributed by atoms with E-state index in [9.17, 15) is 9.18 Å². The first-order chi connectivity index (χ1) is 12.6. The highest BCUT2D eigenvalue weighted by Crippen LogP contribution is 2.22. The summed E-state index contributed by atoms with van der Waals surface area (Å²) in [4.78, 5) is 12.1. The zero-order chi connectivity index (χ0) is 18.4. The van der Waals surface area contributed by atoms with Crippen molar-refractivity contribution < 1.29 is 13.6 Å². The number of thiocarbonyl (C=S) groups is 1. The summed E-state index contributed by atoms with van der Waals surface area (Å²) in [6.07, 6.45) is 0. The lowest BCUT2D eigenvalue weighted by molar-refractivity contribution is 0.0916. The number of hydrogen-bond acceptors (Lipinski definition) is 3. The Balaban J connectivity index is 1.50. The number of amides is 1. The molecule has 0 atom stereocenters. The zero-order valence-electron chi connectivity index (χ0n) is 13.7. The van der Waals surface area contributed by atoms with Gasteiger partial charge in [-0.3, -0.25) is 15.6 Å². The zero-order valence-corrected chi connectivity index (χ0v) is 14.5. The molecule has 0 aliphatic rings. The first kappa shape index (κ1) is 17.6. The molecular formula is C19H16FN3O2S. The number of hydrogen-bond donors (Lipinski definition) is 3. The number of furan rings is 1. The molecule has 3 rings (SSSR count).